The van der Waals surface area contributed by atoms with Gasteiger partial charge in [0.2, 0.25) is 0 Å². The number of benzene rings is 4. The van der Waals surface area contributed by atoms with E-state index in [1.807, 2.05) is 32.0 Å². The summed E-state index contributed by atoms with van der Waals surface area (Å²) in [5.41, 5.74) is 6.93. The summed E-state index contributed by atoms with van der Waals surface area (Å²) < 4.78 is 12.6. The van der Waals surface area contributed by atoms with E-state index in [0.29, 0.717) is 6.42 Å². The van der Waals surface area contributed by atoms with Gasteiger partial charge in [-0.3, -0.25) is 0 Å². The molecule has 9 atom stereocenters. The molecule has 0 spiro atoms. The molecule has 0 bridgehead atoms. The van der Waals surface area contributed by atoms with Crippen molar-refractivity contribution in [3.8, 4) is 5.75 Å². The summed E-state index contributed by atoms with van der Waals surface area (Å²) in [7, 11) is 0. The van der Waals surface area contributed by atoms with Crippen LogP contribution in [0.15, 0.2) is 103 Å². The van der Waals surface area contributed by atoms with Gasteiger partial charge in [-0.15, -0.1) is 0 Å². The van der Waals surface area contributed by atoms with E-state index in [2.05, 4.69) is 106 Å². The number of ether oxygens (including phenoxy) is 2. The van der Waals surface area contributed by atoms with Crippen LogP contribution in [0, 0.1) is 17.8 Å². The molecule has 6 nitrogen and oxygen atoms in total. The minimum atomic E-state index is -1.22. The zero-order valence-electron chi connectivity index (χ0n) is 29.5. The van der Waals surface area contributed by atoms with Gasteiger partial charge in [-0.05, 0) is 40.5 Å². The molecule has 1 fully saturated rings. The second kappa shape index (κ2) is 16.9. The fraction of sp³-hybridized carbons (Fsp3) is 0.442. The quantitative estimate of drug-likeness (QED) is 0.113. The van der Waals surface area contributed by atoms with E-state index in [9.17, 15) is 20.4 Å². The number of hydrogen-bond donors (Lipinski definition) is 4. The lowest BCUT2D eigenvalue weighted by Gasteiger charge is -2.42. The first-order valence-electron chi connectivity index (χ1n) is 17.8. The maximum Gasteiger partial charge on any atom is 0.127 e. The Bertz CT molecular complexity index is 1510. The van der Waals surface area contributed by atoms with Gasteiger partial charge >= 0.3 is 0 Å². The maximum absolute atomic E-state index is 11.1. The van der Waals surface area contributed by atoms with E-state index in [-0.39, 0.29) is 55.3 Å². The minimum Gasteiger partial charge on any atom is -0.490 e. The Morgan fingerprint density at radius 1 is 0.592 bits per heavy atom. The third kappa shape index (κ3) is 8.80. The third-order valence-electron chi connectivity index (χ3n) is 10.6. The van der Waals surface area contributed by atoms with E-state index in [1.54, 1.807) is 0 Å². The van der Waals surface area contributed by atoms with E-state index >= 15 is 0 Å². The lowest BCUT2D eigenvalue weighted by molar-refractivity contribution is -0.155. The molecule has 1 aliphatic carbocycles. The Labute approximate surface area is 292 Å². The Kier molecular flexibility index (Phi) is 12.7. The van der Waals surface area contributed by atoms with Crippen molar-refractivity contribution in [3.63, 3.8) is 0 Å². The van der Waals surface area contributed by atoms with Crippen molar-refractivity contribution >= 4 is 0 Å². The molecule has 0 amide bonds. The fourth-order valence-corrected chi connectivity index (χ4v) is 7.31. The van der Waals surface area contributed by atoms with Crippen LogP contribution in [0.4, 0.5) is 0 Å². The Morgan fingerprint density at radius 2 is 1.06 bits per heavy atom. The van der Waals surface area contributed by atoms with Crippen molar-refractivity contribution in [2.75, 3.05) is 19.8 Å². The molecule has 4 aromatic rings. The predicted molar refractivity (Wildman–Crippen MR) is 195 cm³/mol. The number of hydrogen-bond acceptors (Lipinski definition) is 6. The van der Waals surface area contributed by atoms with Crippen molar-refractivity contribution in [2.24, 2.45) is 17.8 Å². The zero-order valence-corrected chi connectivity index (χ0v) is 29.5. The summed E-state index contributed by atoms with van der Waals surface area (Å²) in [6, 6.07) is 35.9. The average molecular weight is 667 g/mol. The van der Waals surface area contributed by atoms with Gasteiger partial charge in [0, 0.05) is 34.8 Å². The molecule has 9 unspecified atom stereocenters. The van der Waals surface area contributed by atoms with Gasteiger partial charge in [-0.1, -0.05) is 138 Å². The first-order valence-corrected chi connectivity index (χ1v) is 17.8. The van der Waals surface area contributed by atoms with Crippen LogP contribution in [-0.2, 0) is 4.74 Å². The summed E-state index contributed by atoms with van der Waals surface area (Å²) in [6.07, 6.45) is -3.64. The smallest absolute Gasteiger partial charge is 0.127 e. The summed E-state index contributed by atoms with van der Waals surface area (Å²) in [5, 5.41) is 42.7. The summed E-state index contributed by atoms with van der Waals surface area (Å²) in [4.78, 5) is 0. The summed E-state index contributed by atoms with van der Waals surface area (Å²) in [6.45, 7) is 10.9. The van der Waals surface area contributed by atoms with Crippen LogP contribution in [0.25, 0.3) is 0 Å². The van der Waals surface area contributed by atoms with E-state index in [1.165, 1.54) is 22.3 Å². The molecule has 1 aliphatic rings. The Balaban J connectivity index is 1.42. The van der Waals surface area contributed by atoms with Gasteiger partial charge < -0.3 is 29.9 Å². The molecule has 4 aromatic carbocycles. The first kappa shape index (κ1) is 36.8. The second-order valence-electron chi connectivity index (χ2n) is 14.3. The molecule has 0 saturated heterocycles. The maximum atomic E-state index is 11.1. The minimum absolute atomic E-state index is 0.0183. The molecule has 6 heteroatoms. The Morgan fingerprint density at radius 3 is 1.53 bits per heavy atom. The standard InChI is InChI=1S/C43H54O6/c1-27(2)37-23-35(40(45)42(47)41(37)46)24-48-25-36(44)26-49-43-38(29(4)32-17-11-7-12-18-32)21-34(28(3)31-15-9-6-10-16-31)22-39(43)30(5)33-19-13-8-14-20-33/h6-22,27-30,35-37,40-42,44-47H,23-26H2,1-5H3. The molecule has 1 saturated carbocycles. The van der Waals surface area contributed by atoms with Crippen LogP contribution in [0.5, 0.6) is 5.75 Å². The lowest BCUT2D eigenvalue weighted by Crippen LogP contribution is -2.53. The molecule has 0 heterocycles. The highest BCUT2D eigenvalue weighted by molar-refractivity contribution is 5.54. The first-order chi connectivity index (χ1) is 23.6. The van der Waals surface area contributed by atoms with Crippen LogP contribution in [0.1, 0.15) is 92.2 Å². The van der Waals surface area contributed by atoms with Crippen molar-refractivity contribution < 1.29 is 29.9 Å². The van der Waals surface area contributed by atoms with E-state index < -0.39 is 24.4 Å². The van der Waals surface area contributed by atoms with Gasteiger partial charge in [0.25, 0.3) is 0 Å². The van der Waals surface area contributed by atoms with Gasteiger partial charge in [-0.2, -0.15) is 0 Å². The van der Waals surface area contributed by atoms with Crippen LogP contribution in [-0.4, -0.2) is 64.7 Å². The van der Waals surface area contributed by atoms with Crippen LogP contribution < -0.4 is 4.74 Å². The lowest BCUT2D eigenvalue weighted by atomic mass is 9.71. The molecular weight excluding hydrogens is 612 g/mol. The largest absolute Gasteiger partial charge is 0.490 e. The second-order valence-corrected chi connectivity index (χ2v) is 14.3. The molecule has 0 aromatic heterocycles. The number of aliphatic hydroxyl groups is 4. The van der Waals surface area contributed by atoms with Crippen LogP contribution >= 0.6 is 0 Å². The molecule has 4 N–H and O–H groups in total. The molecule has 0 radical (unpaired) electrons. The third-order valence-corrected chi connectivity index (χ3v) is 10.6. The molecular formula is C43H54O6. The monoisotopic (exact) mass is 666 g/mol. The molecule has 262 valence electrons. The van der Waals surface area contributed by atoms with E-state index in [4.69, 9.17) is 9.47 Å². The molecule has 5 rings (SSSR count). The average Bonchev–Trinajstić information content (AvgIpc) is 3.13. The summed E-state index contributed by atoms with van der Waals surface area (Å²) >= 11 is 0. The van der Waals surface area contributed by atoms with Crippen molar-refractivity contribution in [2.45, 2.75) is 83.2 Å². The van der Waals surface area contributed by atoms with Gasteiger partial charge in [0.1, 0.15) is 24.6 Å². The van der Waals surface area contributed by atoms with Gasteiger partial charge in [0.15, 0.2) is 0 Å². The van der Waals surface area contributed by atoms with Crippen LogP contribution in [0.2, 0.25) is 0 Å². The zero-order chi connectivity index (χ0) is 35.1. The van der Waals surface area contributed by atoms with Gasteiger partial charge in [-0.25, -0.2) is 0 Å². The highest BCUT2D eigenvalue weighted by Crippen LogP contribution is 2.43. The molecule has 0 aliphatic heterocycles. The highest BCUT2D eigenvalue weighted by Gasteiger charge is 2.43. The topological polar surface area (TPSA) is 99.4 Å². The van der Waals surface area contributed by atoms with Crippen LogP contribution in [0.3, 0.4) is 0 Å². The van der Waals surface area contributed by atoms with Crippen molar-refractivity contribution in [1.82, 2.24) is 0 Å². The van der Waals surface area contributed by atoms with E-state index in [0.717, 1.165) is 16.9 Å². The number of rotatable bonds is 14. The molecule has 49 heavy (non-hydrogen) atoms. The van der Waals surface area contributed by atoms with Crippen molar-refractivity contribution in [3.05, 3.63) is 137 Å². The summed E-state index contributed by atoms with van der Waals surface area (Å²) in [5.74, 6) is 0.659. The number of aliphatic hydroxyl groups excluding tert-OH is 4. The normalized spacial score (nSPS) is 23.5. The SMILES string of the molecule is CC(c1ccccc1)c1cc(C(C)c2ccccc2)c(OCC(O)COCC2CC(C(C)C)C(O)C(O)C2O)c(C(C)c2ccccc2)c1. The van der Waals surface area contributed by atoms with Crippen molar-refractivity contribution in [1.29, 1.82) is 0 Å². The Hall–Kier alpha value is -3.52. The predicted octanol–water partition coefficient (Wildman–Crippen LogP) is 7.27. The fourth-order valence-electron chi connectivity index (χ4n) is 7.31. The van der Waals surface area contributed by atoms with Gasteiger partial charge in [0.05, 0.1) is 25.4 Å². The highest BCUT2D eigenvalue weighted by atomic mass is 16.5.